The van der Waals surface area contributed by atoms with E-state index in [-0.39, 0.29) is 11.9 Å². The van der Waals surface area contributed by atoms with Gasteiger partial charge in [-0.05, 0) is 64.8 Å². The minimum absolute atomic E-state index is 0.0243. The van der Waals surface area contributed by atoms with Gasteiger partial charge >= 0.3 is 6.03 Å². The molecule has 2 atom stereocenters. The Hall–Kier alpha value is -2.46. The molecular weight excluding hydrogens is 421 g/mol. The molecule has 3 amide bonds. The topological polar surface area (TPSA) is 98.1 Å². The maximum atomic E-state index is 13.4. The zero-order valence-electron chi connectivity index (χ0n) is 18.1. The van der Waals surface area contributed by atoms with Gasteiger partial charge in [-0.3, -0.25) is 14.7 Å². The van der Waals surface area contributed by atoms with Gasteiger partial charge in [0.15, 0.2) is 11.0 Å². The van der Waals surface area contributed by atoms with Gasteiger partial charge in [0.1, 0.15) is 5.82 Å². The number of urea groups is 1. The van der Waals surface area contributed by atoms with E-state index in [0.717, 1.165) is 18.4 Å². The molecule has 3 rings (SSSR count). The second kappa shape index (κ2) is 9.78. The van der Waals surface area contributed by atoms with Crippen molar-refractivity contribution in [2.45, 2.75) is 69.1 Å². The number of nitrogens with zero attached hydrogens (tertiary/aromatic N) is 3. The number of benzene rings is 1. The summed E-state index contributed by atoms with van der Waals surface area (Å²) in [4.78, 5) is 24.5. The van der Waals surface area contributed by atoms with Crippen LogP contribution < -0.4 is 10.6 Å². The SMILES string of the molecule is CC(Sc1nnc(-c2ccc(F)cc2)n1CC1CCCO1)C(=O)NC(=O)NC(C)(C)C. The van der Waals surface area contributed by atoms with E-state index in [1.165, 1.54) is 23.9 Å². The Labute approximate surface area is 185 Å². The van der Waals surface area contributed by atoms with Crippen LogP contribution in [-0.2, 0) is 16.1 Å². The Balaban J connectivity index is 1.77. The van der Waals surface area contributed by atoms with E-state index in [1.54, 1.807) is 19.1 Å². The maximum Gasteiger partial charge on any atom is 0.321 e. The van der Waals surface area contributed by atoms with Crippen molar-refractivity contribution in [1.29, 1.82) is 0 Å². The summed E-state index contributed by atoms with van der Waals surface area (Å²) in [5.74, 6) is -0.180. The highest BCUT2D eigenvalue weighted by Gasteiger charge is 2.26. The highest BCUT2D eigenvalue weighted by molar-refractivity contribution is 8.00. The quantitative estimate of drug-likeness (QED) is 0.656. The lowest BCUT2D eigenvalue weighted by molar-refractivity contribution is -0.119. The molecule has 1 aliphatic heterocycles. The number of halogens is 1. The van der Waals surface area contributed by atoms with Crippen molar-refractivity contribution in [3.8, 4) is 11.4 Å². The average Bonchev–Trinajstić information content (AvgIpc) is 3.32. The summed E-state index contributed by atoms with van der Waals surface area (Å²) in [5, 5.41) is 13.6. The summed E-state index contributed by atoms with van der Waals surface area (Å²) < 4.78 is 21.0. The molecule has 2 aromatic rings. The minimum atomic E-state index is -0.584. The van der Waals surface area contributed by atoms with Gasteiger partial charge in [-0.1, -0.05) is 11.8 Å². The number of thioether (sulfide) groups is 1. The van der Waals surface area contributed by atoms with Crippen molar-refractivity contribution >= 4 is 23.7 Å². The zero-order chi connectivity index (χ0) is 22.6. The second-order valence-electron chi connectivity index (χ2n) is 8.51. The average molecular weight is 450 g/mol. The van der Waals surface area contributed by atoms with E-state index in [0.29, 0.717) is 24.1 Å². The van der Waals surface area contributed by atoms with Gasteiger partial charge in [-0.25, -0.2) is 9.18 Å². The Bertz CT molecular complexity index is 920. The Kier molecular flexibility index (Phi) is 7.32. The van der Waals surface area contributed by atoms with Crippen molar-refractivity contribution in [2.75, 3.05) is 6.61 Å². The molecule has 1 aromatic heterocycles. The van der Waals surface area contributed by atoms with E-state index in [4.69, 9.17) is 4.74 Å². The van der Waals surface area contributed by atoms with Gasteiger partial charge in [0.05, 0.1) is 17.9 Å². The molecule has 0 aliphatic carbocycles. The highest BCUT2D eigenvalue weighted by Crippen LogP contribution is 2.29. The molecule has 10 heteroatoms. The maximum absolute atomic E-state index is 13.4. The Morgan fingerprint density at radius 1 is 1.29 bits per heavy atom. The molecule has 0 spiro atoms. The van der Waals surface area contributed by atoms with Gasteiger partial charge in [-0.2, -0.15) is 0 Å². The first kappa shape index (κ1) is 23.2. The summed E-state index contributed by atoms with van der Waals surface area (Å²) in [6.07, 6.45) is 1.94. The zero-order valence-corrected chi connectivity index (χ0v) is 19.0. The summed E-state index contributed by atoms with van der Waals surface area (Å²) in [6, 6.07) is 5.49. The van der Waals surface area contributed by atoms with E-state index >= 15 is 0 Å². The molecule has 2 heterocycles. The third-order valence-corrected chi connectivity index (χ3v) is 5.69. The van der Waals surface area contributed by atoms with Crippen molar-refractivity contribution in [3.63, 3.8) is 0 Å². The lowest BCUT2D eigenvalue weighted by Crippen LogP contribution is -2.49. The number of hydrogen-bond acceptors (Lipinski definition) is 6. The summed E-state index contributed by atoms with van der Waals surface area (Å²) >= 11 is 1.21. The Morgan fingerprint density at radius 2 is 2.00 bits per heavy atom. The number of amides is 3. The second-order valence-corrected chi connectivity index (χ2v) is 9.82. The first-order valence-corrected chi connectivity index (χ1v) is 11.1. The predicted molar refractivity (Wildman–Crippen MR) is 116 cm³/mol. The summed E-state index contributed by atoms with van der Waals surface area (Å²) in [5.41, 5.74) is 0.270. The monoisotopic (exact) mass is 449 g/mol. The molecule has 1 aromatic carbocycles. The largest absolute Gasteiger partial charge is 0.376 e. The van der Waals surface area contributed by atoms with Gasteiger partial charge in [0.25, 0.3) is 0 Å². The molecule has 0 radical (unpaired) electrons. The lowest BCUT2D eigenvalue weighted by Gasteiger charge is -2.21. The smallest absolute Gasteiger partial charge is 0.321 e. The molecule has 8 nitrogen and oxygen atoms in total. The van der Waals surface area contributed by atoms with Crippen LogP contribution in [0.3, 0.4) is 0 Å². The third-order valence-electron chi connectivity index (χ3n) is 4.61. The highest BCUT2D eigenvalue weighted by atomic mass is 32.2. The fourth-order valence-electron chi connectivity index (χ4n) is 3.14. The van der Waals surface area contributed by atoms with E-state index < -0.39 is 22.7 Å². The molecule has 1 fully saturated rings. The normalized spacial score (nSPS) is 17.4. The summed E-state index contributed by atoms with van der Waals surface area (Å²) in [6.45, 7) is 8.44. The van der Waals surface area contributed by atoms with E-state index in [9.17, 15) is 14.0 Å². The molecule has 31 heavy (non-hydrogen) atoms. The number of hydrogen-bond donors (Lipinski definition) is 2. The number of ether oxygens (including phenoxy) is 1. The van der Waals surface area contributed by atoms with Crippen molar-refractivity contribution in [1.82, 2.24) is 25.4 Å². The number of carbonyl (C=O) groups is 2. The minimum Gasteiger partial charge on any atom is -0.376 e. The fourth-order valence-corrected chi connectivity index (χ4v) is 4.00. The lowest BCUT2D eigenvalue weighted by atomic mass is 10.1. The van der Waals surface area contributed by atoms with Crippen molar-refractivity contribution < 1.29 is 18.7 Å². The van der Waals surface area contributed by atoms with Crippen LogP contribution in [0, 0.1) is 5.82 Å². The van der Waals surface area contributed by atoms with Gasteiger partial charge in [0.2, 0.25) is 5.91 Å². The number of nitrogens with one attached hydrogen (secondary N) is 2. The van der Waals surface area contributed by atoms with Gasteiger partial charge in [0, 0.05) is 17.7 Å². The first-order chi connectivity index (χ1) is 14.6. The van der Waals surface area contributed by atoms with Crippen LogP contribution in [0.25, 0.3) is 11.4 Å². The predicted octanol–water partition coefficient (Wildman–Crippen LogP) is 3.37. The summed E-state index contributed by atoms with van der Waals surface area (Å²) in [7, 11) is 0. The fraction of sp³-hybridized carbons (Fsp3) is 0.524. The van der Waals surface area contributed by atoms with Gasteiger partial charge < -0.3 is 10.1 Å². The number of rotatable bonds is 6. The number of carbonyl (C=O) groups excluding carboxylic acids is 2. The first-order valence-electron chi connectivity index (χ1n) is 10.2. The van der Waals surface area contributed by atoms with Crippen LogP contribution in [0.2, 0.25) is 0 Å². The molecule has 1 aliphatic rings. The van der Waals surface area contributed by atoms with Crippen molar-refractivity contribution in [2.24, 2.45) is 0 Å². The van der Waals surface area contributed by atoms with Crippen LogP contribution in [0.5, 0.6) is 0 Å². The van der Waals surface area contributed by atoms with E-state index in [2.05, 4.69) is 20.8 Å². The Morgan fingerprint density at radius 3 is 2.61 bits per heavy atom. The van der Waals surface area contributed by atoms with Crippen molar-refractivity contribution in [3.05, 3.63) is 30.1 Å². The molecule has 0 saturated carbocycles. The molecule has 0 bridgehead atoms. The van der Waals surface area contributed by atoms with E-state index in [1.807, 2.05) is 25.3 Å². The molecule has 1 saturated heterocycles. The number of aromatic nitrogens is 3. The molecule has 2 N–H and O–H groups in total. The molecular formula is C21H28FN5O3S. The van der Waals surface area contributed by atoms with Crippen LogP contribution in [-0.4, -0.2) is 50.2 Å². The van der Waals surface area contributed by atoms with Crippen LogP contribution in [0.15, 0.2) is 29.4 Å². The molecule has 168 valence electrons. The number of imide groups is 1. The molecule has 2 unspecified atom stereocenters. The van der Waals surface area contributed by atoms with Crippen LogP contribution in [0.4, 0.5) is 9.18 Å². The van der Waals surface area contributed by atoms with Gasteiger partial charge in [-0.15, -0.1) is 10.2 Å². The van der Waals surface area contributed by atoms with Crippen LogP contribution in [0.1, 0.15) is 40.5 Å². The standard InChI is InChI=1S/C21H28FN5O3S/c1-13(18(28)23-19(29)24-21(2,3)4)31-20-26-25-17(14-7-9-15(22)10-8-14)27(20)12-16-6-5-11-30-16/h7-10,13,16H,5-6,11-12H2,1-4H3,(H2,23,24,28,29). The van der Waals surface area contributed by atoms with Crippen LogP contribution >= 0.6 is 11.8 Å². The third kappa shape index (κ3) is 6.51.